The second kappa shape index (κ2) is 19.9. The summed E-state index contributed by atoms with van der Waals surface area (Å²) in [7, 11) is 0. The highest BCUT2D eigenvalue weighted by atomic mass is 32.1. The van der Waals surface area contributed by atoms with Gasteiger partial charge in [-0.3, -0.25) is 24.0 Å². The maximum Gasteiger partial charge on any atom is 0.246 e. The third-order valence-electron chi connectivity index (χ3n) is 12.3. The molecule has 0 aliphatic carbocycles. The number of hydrogen-bond donors (Lipinski definition) is 4. The van der Waals surface area contributed by atoms with Crippen molar-refractivity contribution in [2.45, 2.75) is 136 Å². The fourth-order valence-electron chi connectivity index (χ4n) is 8.70. The van der Waals surface area contributed by atoms with Gasteiger partial charge in [0.1, 0.15) is 41.3 Å². The molecule has 6 rings (SSSR count). The van der Waals surface area contributed by atoms with E-state index in [1.807, 2.05) is 78.2 Å². The van der Waals surface area contributed by atoms with E-state index in [1.165, 1.54) is 28.9 Å². The molecule has 2 saturated heterocycles. The third kappa shape index (κ3) is 11.3. The van der Waals surface area contributed by atoms with Crippen LogP contribution >= 0.6 is 11.3 Å². The van der Waals surface area contributed by atoms with Crippen molar-refractivity contribution in [1.29, 1.82) is 0 Å². The summed E-state index contributed by atoms with van der Waals surface area (Å²) in [5.41, 5.74) is 3.97. The van der Waals surface area contributed by atoms with Crippen LogP contribution in [-0.4, -0.2) is 98.0 Å². The van der Waals surface area contributed by atoms with Crippen LogP contribution in [0.2, 0.25) is 0 Å². The summed E-state index contributed by atoms with van der Waals surface area (Å²) in [6.45, 7) is 18.0. The molecule has 2 aromatic heterocycles. The number of halogens is 1. The second-order valence-corrected chi connectivity index (χ2v) is 19.9. The zero-order valence-corrected chi connectivity index (χ0v) is 39.6. The van der Waals surface area contributed by atoms with Gasteiger partial charge in [-0.05, 0) is 75.3 Å². The van der Waals surface area contributed by atoms with E-state index in [-0.39, 0.29) is 61.9 Å². The molecule has 17 heteroatoms. The average molecular weight is 916 g/mol. The molecular weight excluding hydrogens is 854 g/mol. The Morgan fingerprint density at radius 3 is 1.97 bits per heavy atom. The van der Waals surface area contributed by atoms with Gasteiger partial charge in [0.05, 0.1) is 46.0 Å². The van der Waals surface area contributed by atoms with Gasteiger partial charge in [-0.1, -0.05) is 69.2 Å². The number of aliphatic hydroxyl groups excluding tert-OH is 1. The number of β-amino-alcohol motifs (C(OH)–C–C–N with tert-alkyl or cyclic N) is 1. The molecule has 15 nitrogen and oxygen atoms in total. The van der Waals surface area contributed by atoms with E-state index in [0.29, 0.717) is 11.3 Å². The van der Waals surface area contributed by atoms with Crippen LogP contribution in [0.3, 0.4) is 0 Å². The summed E-state index contributed by atoms with van der Waals surface area (Å²) in [4.78, 5) is 76.9. The molecule has 2 aromatic carbocycles. The van der Waals surface area contributed by atoms with Crippen molar-refractivity contribution in [3.05, 3.63) is 94.2 Å². The summed E-state index contributed by atoms with van der Waals surface area (Å²) in [5, 5.41) is 23.8. The minimum atomic E-state index is -0.965. The average Bonchev–Trinajstić information content (AvgIpc) is 4.06. The van der Waals surface area contributed by atoms with Crippen molar-refractivity contribution in [3.8, 4) is 10.4 Å². The van der Waals surface area contributed by atoms with Crippen molar-refractivity contribution >= 4 is 40.9 Å². The van der Waals surface area contributed by atoms with Crippen LogP contribution in [0.5, 0.6) is 0 Å². The van der Waals surface area contributed by atoms with E-state index < -0.39 is 70.9 Å². The summed E-state index contributed by atoms with van der Waals surface area (Å²) < 4.78 is 25.7. The predicted molar refractivity (Wildman–Crippen MR) is 242 cm³/mol. The van der Waals surface area contributed by atoms with E-state index in [0.717, 1.165) is 21.7 Å². The molecule has 2 aliphatic heterocycles. The number of thiazole rings is 1. The van der Waals surface area contributed by atoms with Gasteiger partial charge in [0, 0.05) is 38.9 Å². The Kier molecular flexibility index (Phi) is 15.0. The number of ether oxygens (including phenoxy) is 1. The fourth-order valence-corrected chi connectivity index (χ4v) is 9.51. The number of nitrogens with one attached hydrogen (secondary N) is 3. The lowest BCUT2D eigenvalue weighted by Crippen LogP contribution is -2.56. The number of hydrogen-bond acceptors (Lipinski definition) is 11. The Bertz CT molecular complexity index is 2340. The van der Waals surface area contributed by atoms with Crippen LogP contribution in [0.15, 0.2) is 64.6 Å². The molecule has 6 atom stereocenters. The first kappa shape index (κ1) is 48.9. The van der Waals surface area contributed by atoms with Crippen molar-refractivity contribution in [2.24, 2.45) is 11.8 Å². The van der Waals surface area contributed by atoms with Gasteiger partial charge in [0.15, 0.2) is 0 Å². The van der Waals surface area contributed by atoms with E-state index in [9.17, 15) is 33.5 Å². The first-order valence-corrected chi connectivity index (χ1v) is 23.0. The van der Waals surface area contributed by atoms with Crippen molar-refractivity contribution in [2.75, 3.05) is 13.1 Å². The standard InChI is InChI=1S/C48H62FN7O8S/c1-26(2)40(45(61)55-22-35(58)20-37(55)43(59)52-48(9,10)32-15-17-33(49)18-16-32)39-19-34(54-64-39)24-63-36-21-38(56(23-36)46(62)41(27(3)4)51-29(6)57)44(60)53-47(7,8)31-13-11-30(12-14-31)42-28(5)50-25-65-42/h11-19,25-27,35-38,40-41,58H,20-24H2,1-10H3,(H,51,57)(H,52,59)(H,53,60)/t35-,36-,37?,38+,40-,41+/m1/s1. The van der Waals surface area contributed by atoms with Crippen molar-refractivity contribution in [1.82, 2.24) is 35.9 Å². The highest BCUT2D eigenvalue weighted by molar-refractivity contribution is 7.13. The lowest BCUT2D eigenvalue weighted by atomic mass is 9.91. The Labute approximate surface area is 383 Å². The second-order valence-electron chi connectivity index (χ2n) is 19.0. The lowest BCUT2D eigenvalue weighted by molar-refractivity contribution is -0.142. The number of carbonyl (C=O) groups is 5. The third-order valence-corrected chi connectivity index (χ3v) is 13.3. The minimum Gasteiger partial charge on any atom is -0.391 e. The Hall–Kier alpha value is -5.52. The molecular formula is C48H62FN7O8S. The molecule has 2 fully saturated rings. The minimum absolute atomic E-state index is 0.0401. The van der Waals surface area contributed by atoms with Gasteiger partial charge < -0.3 is 40.1 Å². The highest BCUT2D eigenvalue weighted by Gasteiger charge is 2.46. The van der Waals surface area contributed by atoms with E-state index in [4.69, 9.17) is 9.26 Å². The molecule has 4 N–H and O–H groups in total. The zero-order chi connectivity index (χ0) is 47.5. The normalized spacial score (nSPS) is 20.0. The van der Waals surface area contributed by atoms with Crippen LogP contribution in [0.1, 0.15) is 109 Å². The molecule has 0 bridgehead atoms. The van der Waals surface area contributed by atoms with Gasteiger partial charge in [-0.15, -0.1) is 11.3 Å². The largest absolute Gasteiger partial charge is 0.391 e. The van der Waals surface area contributed by atoms with Gasteiger partial charge in [-0.25, -0.2) is 9.37 Å². The van der Waals surface area contributed by atoms with Crippen LogP contribution in [0, 0.1) is 24.6 Å². The number of nitrogens with zero attached hydrogens (tertiary/aromatic N) is 4. The summed E-state index contributed by atoms with van der Waals surface area (Å²) in [6, 6.07) is 12.6. The number of rotatable bonds is 16. The maximum atomic E-state index is 14.3. The fraction of sp³-hybridized carbons (Fsp3) is 0.521. The topological polar surface area (TPSA) is 196 Å². The number of aromatic nitrogens is 2. The number of aryl methyl sites for hydroxylation is 1. The van der Waals surface area contributed by atoms with Gasteiger partial charge in [0.25, 0.3) is 0 Å². The highest BCUT2D eigenvalue weighted by Crippen LogP contribution is 2.34. The molecule has 2 aliphatic rings. The van der Waals surface area contributed by atoms with Crippen LogP contribution in [-0.2, 0) is 46.4 Å². The van der Waals surface area contributed by atoms with Crippen LogP contribution < -0.4 is 16.0 Å². The van der Waals surface area contributed by atoms with Crippen LogP contribution in [0.4, 0.5) is 4.39 Å². The monoisotopic (exact) mass is 915 g/mol. The van der Waals surface area contributed by atoms with Gasteiger partial charge in [-0.2, -0.15) is 0 Å². The Morgan fingerprint density at radius 1 is 0.862 bits per heavy atom. The summed E-state index contributed by atoms with van der Waals surface area (Å²) in [5.74, 6) is -3.56. The Morgan fingerprint density at radius 2 is 1.43 bits per heavy atom. The first-order chi connectivity index (χ1) is 30.6. The SMILES string of the molecule is CC(=O)N[C@H](C(=O)N1C[C@H](OCc2cc([C@H](C(=O)N3C[C@H](O)CC3C(=O)NC(C)(C)c3ccc(F)cc3)C(C)C)on2)C[C@H]1C(=O)NC(C)(C)c1ccc(-c2scnc2C)cc1)C(C)C. The van der Waals surface area contributed by atoms with Crippen molar-refractivity contribution in [3.63, 3.8) is 0 Å². The zero-order valence-electron chi connectivity index (χ0n) is 38.8. The van der Waals surface area contributed by atoms with Crippen molar-refractivity contribution < 1.29 is 42.7 Å². The molecule has 350 valence electrons. The molecule has 1 unspecified atom stereocenters. The number of carbonyl (C=O) groups excluding carboxylic acids is 5. The number of amides is 5. The molecule has 0 spiro atoms. The summed E-state index contributed by atoms with van der Waals surface area (Å²) >= 11 is 1.56. The molecule has 4 aromatic rings. The molecule has 0 saturated carbocycles. The van der Waals surface area contributed by atoms with E-state index >= 15 is 0 Å². The quantitative estimate of drug-likeness (QED) is 0.108. The molecule has 65 heavy (non-hydrogen) atoms. The van der Waals surface area contributed by atoms with E-state index in [1.54, 1.807) is 43.4 Å². The van der Waals surface area contributed by atoms with E-state index in [2.05, 4.69) is 26.1 Å². The number of aliphatic hydroxyl groups is 1. The van der Waals surface area contributed by atoms with Gasteiger partial charge >= 0.3 is 0 Å². The maximum absolute atomic E-state index is 14.3. The number of benzene rings is 2. The van der Waals surface area contributed by atoms with Crippen LogP contribution in [0.25, 0.3) is 10.4 Å². The Balaban J connectivity index is 1.15. The molecule has 0 radical (unpaired) electrons. The molecule has 4 heterocycles. The van der Waals surface area contributed by atoms with Gasteiger partial charge in [0.2, 0.25) is 29.5 Å². The first-order valence-electron chi connectivity index (χ1n) is 22.1. The molecule has 5 amide bonds. The smallest absolute Gasteiger partial charge is 0.246 e. The number of likely N-dealkylation sites (tertiary alicyclic amines) is 2. The lowest BCUT2D eigenvalue weighted by Gasteiger charge is -2.33. The predicted octanol–water partition coefficient (Wildman–Crippen LogP) is 5.70. The summed E-state index contributed by atoms with van der Waals surface area (Å²) in [6.07, 6.45) is -1.32.